The standard InChI is InChI=1S/C20H15ClN4O4/c21-16-3-1-2-4-18(16)29-19-10-5-13(11-17(19)25(27)28)12-23-24-20(26)14-6-8-15(22)9-7-14/h1-12H,22H2,(H,24,26)/b23-12-. The fourth-order valence-electron chi connectivity index (χ4n) is 2.35. The molecule has 0 aliphatic heterocycles. The lowest BCUT2D eigenvalue weighted by Gasteiger charge is -2.08. The largest absolute Gasteiger partial charge is 0.449 e. The Morgan fingerprint density at radius 3 is 2.52 bits per heavy atom. The summed E-state index contributed by atoms with van der Waals surface area (Å²) < 4.78 is 5.57. The molecule has 0 bridgehead atoms. The maximum atomic E-state index is 12.0. The third-order valence-corrected chi connectivity index (χ3v) is 4.10. The maximum absolute atomic E-state index is 12.0. The second kappa shape index (κ2) is 8.85. The summed E-state index contributed by atoms with van der Waals surface area (Å²) in [7, 11) is 0. The predicted octanol–water partition coefficient (Wildman–Crippen LogP) is 4.39. The number of nitrogens with one attached hydrogen (secondary N) is 1. The van der Waals surface area contributed by atoms with E-state index in [0.717, 1.165) is 0 Å². The van der Waals surface area contributed by atoms with Crippen LogP contribution in [0.2, 0.25) is 5.02 Å². The van der Waals surface area contributed by atoms with E-state index >= 15 is 0 Å². The maximum Gasteiger partial charge on any atom is 0.312 e. The molecule has 0 heterocycles. The molecule has 0 aliphatic carbocycles. The molecule has 1 amide bonds. The average Bonchev–Trinajstić information content (AvgIpc) is 2.71. The lowest BCUT2D eigenvalue weighted by Crippen LogP contribution is -2.17. The quantitative estimate of drug-likeness (QED) is 0.270. The monoisotopic (exact) mass is 410 g/mol. The van der Waals surface area contributed by atoms with Crippen LogP contribution in [0.3, 0.4) is 0 Å². The SMILES string of the molecule is Nc1ccc(C(=O)N/N=C\c2ccc(Oc3ccccc3Cl)c([N+](=O)[O-])c2)cc1. The van der Waals surface area contributed by atoms with Gasteiger partial charge in [0.2, 0.25) is 5.75 Å². The van der Waals surface area contributed by atoms with Gasteiger partial charge in [0, 0.05) is 22.9 Å². The highest BCUT2D eigenvalue weighted by atomic mass is 35.5. The van der Waals surface area contributed by atoms with Crippen molar-refractivity contribution in [2.75, 3.05) is 5.73 Å². The lowest BCUT2D eigenvalue weighted by molar-refractivity contribution is -0.385. The van der Waals surface area contributed by atoms with E-state index in [-0.39, 0.29) is 11.4 Å². The van der Waals surface area contributed by atoms with Crippen molar-refractivity contribution in [2.24, 2.45) is 5.10 Å². The molecule has 0 fully saturated rings. The van der Waals surface area contributed by atoms with Gasteiger partial charge in [-0.1, -0.05) is 23.7 Å². The van der Waals surface area contributed by atoms with Crippen molar-refractivity contribution >= 4 is 35.1 Å². The Balaban J connectivity index is 1.75. The minimum atomic E-state index is -0.573. The first-order valence-electron chi connectivity index (χ1n) is 8.34. The van der Waals surface area contributed by atoms with Crippen molar-refractivity contribution < 1.29 is 14.5 Å². The Kier molecular flexibility index (Phi) is 6.06. The highest BCUT2D eigenvalue weighted by Crippen LogP contribution is 2.35. The summed E-state index contributed by atoms with van der Waals surface area (Å²) in [6.45, 7) is 0. The molecule has 3 rings (SSSR count). The zero-order valence-electron chi connectivity index (χ0n) is 14.9. The van der Waals surface area contributed by atoms with Gasteiger partial charge in [-0.2, -0.15) is 5.10 Å². The number of nitro groups is 1. The molecule has 0 unspecified atom stereocenters. The molecule has 0 saturated heterocycles. The van der Waals surface area contributed by atoms with Crippen molar-refractivity contribution in [3.63, 3.8) is 0 Å². The van der Waals surface area contributed by atoms with Crippen LogP contribution in [0.5, 0.6) is 11.5 Å². The first-order chi connectivity index (χ1) is 13.9. The number of nitrogens with two attached hydrogens (primary N) is 1. The van der Waals surface area contributed by atoms with Gasteiger partial charge in [-0.05, 0) is 48.5 Å². The Morgan fingerprint density at radius 2 is 1.83 bits per heavy atom. The Hall–Kier alpha value is -3.91. The molecule has 0 atom stereocenters. The van der Waals surface area contributed by atoms with Crippen molar-refractivity contribution in [3.05, 3.63) is 93.0 Å². The highest BCUT2D eigenvalue weighted by molar-refractivity contribution is 6.32. The molecule has 3 aromatic carbocycles. The molecular formula is C20H15ClN4O4. The van der Waals surface area contributed by atoms with Crippen LogP contribution >= 0.6 is 11.6 Å². The second-order valence-corrected chi connectivity index (χ2v) is 6.25. The number of rotatable bonds is 6. The van der Waals surface area contributed by atoms with E-state index < -0.39 is 10.8 Å². The van der Waals surface area contributed by atoms with Gasteiger partial charge in [0.15, 0.2) is 0 Å². The number of ether oxygens (including phenoxy) is 1. The summed E-state index contributed by atoms with van der Waals surface area (Å²) >= 11 is 6.03. The minimum absolute atomic E-state index is 0.0335. The third-order valence-electron chi connectivity index (χ3n) is 3.79. The lowest BCUT2D eigenvalue weighted by atomic mass is 10.2. The number of nitro benzene ring substituents is 1. The average molecular weight is 411 g/mol. The third kappa shape index (κ3) is 5.08. The predicted molar refractivity (Wildman–Crippen MR) is 111 cm³/mol. The zero-order chi connectivity index (χ0) is 20.8. The van der Waals surface area contributed by atoms with Crippen LogP contribution in [-0.4, -0.2) is 17.0 Å². The van der Waals surface area contributed by atoms with Gasteiger partial charge in [0.1, 0.15) is 5.75 Å². The van der Waals surface area contributed by atoms with Crippen LogP contribution in [0.15, 0.2) is 71.8 Å². The van der Waals surface area contributed by atoms with E-state index in [1.165, 1.54) is 18.3 Å². The Morgan fingerprint density at radius 1 is 1.10 bits per heavy atom. The zero-order valence-corrected chi connectivity index (χ0v) is 15.7. The summed E-state index contributed by atoms with van der Waals surface area (Å²) in [6.07, 6.45) is 1.29. The van der Waals surface area contributed by atoms with Gasteiger partial charge in [0.25, 0.3) is 5.91 Å². The number of amides is 1. The molecule has 0 aromatic heterocycles. The molecule has 0 aliphatic rings. The van der Waals surface area contributed by atoms with Gasteiger partial charge in [0.05, 0.1) is 16.2 Å². The smallest absolute Gasteiger partial charge is 0.312 e. The first kappa shape index (κ1) is 19.8. The fraction of sp³-hybridized carbons (Fsp3) is 0. The van der Waals surface area contributed by atoms with E-state index in [0.29, 0.717) is 27.6 Å². The molecule has 0 radical (unpaired) electrons. The molecule has 3 N–H and O–H groups in total. The normalized spacial score (nSPS) is 10.7. The molecular weight excluding hydrogens is 396 g/mol. The summed E-state index contributed by atoms with van der Waals surface area (Å²) in [5, 5.41) is 15.6. The van der Waals surface area contributed by atoms with E-state index in [2.05, 4.69) is 10.5 Å². The number of hydrogen-bond donors (Lipinski definition) is 2. The number of benzene rings is 3. The second-order valence-electron chi connectivity index (χ2n) is 5.84. The summed E-state index contributed by atoms with van der Waals surface area (Å²) in [5.41, 5.74) is 8.98. The van der Waals surface area contributed by atoms with Gasteiger partial charge >= 0.3 is 5.69 Å². The Bertz CT molecular complexity index is 1080. The highest BCUT2D eigenvalue weighted by Gasteiger charge is 2.17. The van der Waals surface area contributed by atoms with E-state index in [1.807, 2.05) is 0 Å². The number of hydrogen-bond acceptors (Lipinski definition) is 6. The van der Waals surface area contributed by atoms with Crippen molar-refractivity contribution in [1.82, 2.24) is 5.43 Å². The number of halogens is 1. The molecule has 0 saturated carbocycles. The van der Waals surface area contributed by atoms with Gasteiger partial charge in [-0.15, -0.1) is 0 Å². The van der Waals surface area contributed by atoms with Gasteiger partial charge < -0.3 is 10.5 Å². The Labute approximate surface area is 170 Å². The topological polar surface area (TPSA) is 120 Å². The van der Waals surface area contributed by atoms with Gasteiger partial charge in [-0.25, -0.2) is 5.43 Å². The minimum Gasteiger partial charge on any atom is -0.449 e. The van der Waals surface area contributed by atoms with E-state index in [4.69, 9.17) is 22.1 Å². The molecule has 9 heteroatoms. The molecule has 146 valence electrons. The van der Waals surface area contributed by atoms with Crippen LogP contribution in [0.4, 0.5) is 11.4 Å². The van der Waals surface area contributed by atoms with Crippen LogP contribution in [0, 0.1) is 10.1 Å². The number of para-hydroxylation sites is 1. The fourth-order valence-corrected chi connectivity index (χ4v) is 2.53. The number of hydrazone groups is 1. The number of anilines is 1. The summed E-state index contributed by atoms with van der Waals surface area (Å²) in [5.74, 6) is -0.102. The van der Waals surface area contributed by atoms with Crippen LogP contribution in [-0.2, 0) is 0 Å². The van der Waals surface area contributed by atoms with Crippen molar-refractivity contribution in [2.45, 2.75) is 0 Å². The van der Waals surface area contributed by atoms with Crippen LogP contribution in [0.25, 0.3) is 0 Å². The number of carbonyl (C=O) groups excluding carboxylic acids is 1. The molecule has 8 nitrogen and oxygen atoms in total. The summed E-state index contributed by atoms with van der Waals surface area (Å²) in [4.78, 5) is 22.8. The number of nitrogens with zero attached hydrogens (tertiary/aromatic N) is 2. The van der Waals surface area contributed by atoms with Gasteiger partial charge in [-0.3, -0.25) is 14.9 Å². The summed E-state index contributed by atoms with van der Waals surface area (Å²) in [6, 6.07) is 17.3. The van der Waals surface area contributed by atoms with E-state index in [9.17, 15) is 14.9 Å². The molecule has 3 aromatic rings. The van der Waals surface area contributed by atoms with Crippen LogP contribution < -0.4 is 15.9 Å². The molecule has 29 heavy (non-hydrogen) atoms. The number of nitrogen functional groups attached to an aromatic ring is 1. The van der Waals surface area contributed by atoms with E-state index in [1.54, 1.807) is 54.6 Å². The molecule has 0 spiro atoms. The van der Waals surface area contributed by atoms with Crippen molar-refractivity contribution in [1.29, 1.82) is 0 Å². The van der Waals surface area contributed by atoms with Crippen LogP contribution in [0.1, 0.15) is 15.9 Å². The first-order valence-corrected chi connectivity index (χ1v) is 8.71. The number of carbonyl (C=O) groups is 1. The van der Waals surface area contributed by atoms with Crippen molar-refractivity contribution in [3.8, 4) is 11.5 Å².